The second kappa shape index (κ2) is 7.56. The summed E-state index contributed by atoms with van der Waals surface area (Å²) in [6, 6.07) is 13.4. The fourth-order valence-corrected chi connectivity index (χ4v) is 2.47. The van der Waals surface area contributed by atoms with E-state index in [9.17, 15) is 14.4 Å². The molecule has 134 valence electrons. The van der Waals surface area contributed by atoms with Gasteiger partial charge in [0.15, 0.2) is 6.61 Å². The first-order valence-electron chi connectivity index (χ1n) is 7.84. The first-order chi connectivity index (χ1) is 12.6. The van der Waals surface area contributed by atoms with Gasteiger partial charge in [0.25, 0.3) is 17.7 Å². The molecular weight excluding hydrogens is 338 g/mol. The third kappa shape index (κ3) is 3.75. The molecule has 26 heavy (non-hydrogen) atoms. The van der Waals surface area contributed by atoms with Crippen molar-refractivity contribution in [3.63, 3.8) is 0 Å². The summed E-state index contributed by atoms with van der Waals surface area (Å²) in [6.45, 7) is -0.377. The number of fused-ring (bicyclic) bond motifs is 1. The molecule has 1 aliphatic rings. The van der Waals surface area contributed by atoms with Crippen LogP contribution in [0.1, 0.15) is 10.4 Å². The first kappa shape index (κ1) is 17.3. The molecule has 0 fully saturated rings. The topological polar surface area (TPSA) is 97.0 Å². The van der Waals surface area contributed by atoms with Crippen LogP contribution in [0.4, 0.5) is 5.69 Å². The molecule has 0 saturated carbocycles. The molecule has 0 spiro atoms. The molecule has 8 nitrogen and oxygen atoms in total. The molecule has 0 saturated heterocycles. The largest absolute Gasteiger partial charge is 0.497 e. The molecule has 3 amide bonds. The van der Waals surface area contributed by atoms with Gasteiger partial charge in [0.1, 0.15) is 18.0 Å². The van der Waals surface area contributed by atoms with Gasteiger partial charge in [-0.25, -0.2) is 0 Å². The summed E-state index contributed by atoms with van der Waals surface area (Å²) in [5.41, 5.74) is 5.46. The fraction of sp³-hybridized carbons (Fsp3) is 0.167. The Hall–Kier alpha value is -3.55. The number of hydrazine groups is 1. The van der Waals surface area contributed by atoms with Gasteiger partial charge in [-0.3, -0.25) is 30.1 Å². The second-order valence-corrected chi connectivity index (χ2v) is 5.47. The maximum Gasteiger partial charge on any atom is 0.269 e. The second-order valence-electron chi connectivity index (χ2n) is 5.47. The van der Waals surface area contributed by atoms with E-state index in [2.05, 4.69) is 10.9 Å². The number of carbonyl (C=O) groups is 3. The molecule has 0 unspecified atom stereocenters. The number of nitrogens with zero attached hydrogens (tertiary/aromatic N) is 1. The summed E-state index contributed by atoms with van der Waals surface area (Å²) in [6.07, 6.45) is 0. The standard InChI is InChI=1S/C18H17N3O5/c1-25-13-6-4-5-12(9-13)18(24)20-19-16(22)10-21-14-7-2-3-8-15(14)26-11-17(21)23/h2-9H,10-11H2,1H3,(H,19,22)(H,20,24). The number of para-hydroxylation sites is 2. The Kier molecular flexibility index (Phi) is 5.02. The average molecular weight is 355 g/mol. The van der Waals surface area contributed by atoms with Gasteiger partial charge in [-0.05, 0) is 30.3 Å². The number of ether oxygens (including phenoxy) is 2. The van der Waals surface area contributed by atoms with Gasteiger partial charge in [-0.2, -0.15) is 0 Å². The minimum absolute atomic E-state index is 0.138. The maximum absolute atomic E-state index is 12.1. The molecule has 0 atom stereocenters. The van der Waals surface area contributed by atoms with Crippen molar-refractivity contribution in [3.8, 4) is 11.5 Å². The zero-order valence-corrected chi connectivity index (χ0v) is 14.0. The Morgan fingerprint density at radius 1 is 1.15 bits per heavy atom. The van der Waals surface area contributed by atoms with Gasteiger partial charge in [-0.1, -0.05) is 18.2 Å². The molecule has 0 aliphatic carbocycles. The molecule has 8 heteroatoms. The molecule has 1 aliphatic heterocycles. The first-order valence-corrected chi connectivity index (χ1v) is 7.84. The van der Waals surface area contributed by atoms with Crippen LogP contribution < -0.4 is 25.2 Å². The van der Waals surface area contributed by atoms with Crippen molar-refractivity contribution < 1.29 is 23.9 Å². The number of hydrogen-bond donors (Lipinski definition) is 2. The highest BCUT2D eigenvalue weighted by atomic mass is 16.5. The summed E-state index contributed by atoms with van der Waals surface area (Å²) in [7, 11) is 1.50. The van der Waals surface area contributed by atoms with E-state index in [1.807, 2.05) is 0 Å². The van der Waals surface area contributed by atoms with Crippen molar-refractivity contribution in [2.24, 2.45) is 0 Å². The maximum atomic E-state index is 12.1. The molecule has 0 aromatic heterocycles. The zero-order valence-electron chi connectivity index (χ0n) is 14.0. The van der Waals surface area contributed by atoms with Crippen molar-refractivity contribution in [2.45, 2.75) is 0 Å². The van der Waals surface area contributed by atoms with Crippen LogP contribution in [-0.2, 0) is 9.59 Å². The summed E-state index contributed by atoms with van der Waals surface area (Å²) in [5.74, 6) is -0.310. The van der Waals surface area contributed by atoms with Crippen molar-refractivity contribution >= 4 is 23.4 Å². The molecule has 0 radical (unpaired) electrons. The van der Waals surface area contributed by atoms with E-state index in [0.29, 0.717) is 22.7 Å². The van der Waals surface area contributed by atoms with E-state index in [1.165, 1.54) is 12.0 Å². The molecule has 2 N–H and O–H groups in total. The quantitative estimate of drug-likeness (QED) is 0.794. The van der Waals surface area contributed by atoms with Crippen LogP contribution in [-0.4, -0.2) is 38.0 Å². The van der Waals surface area contributed by atoms with Crippen molar-refractivity contribution in [1.29, 1.82) is 0 Å². The van der Waals surface area contributed by atoms with Crippen LogP contribution in [0.2, 0.25) is 0 Å². The summed E-state index contributed by atoms with van der Waals surface area (Å²) in [4.78, 5) is 37.6. The van der Waals surface area contributed by atoms with Gasteiger partial charge < -0.3 is 9.47 Å². The lowest BCUT2D eigenvalue weighted by molar-refractivity contribution is -0.125. The third-order valence-corrected chi connectivity index (χ3v) is 3.76. The van der Waals surface area contributed by atoms with Crippen molar-refractivity contribution in [1.82, 2.24) is 10.9 Å². The molecular formula is C18H17N3O5. The van der Waals surface area contributed by atoms with Gasteiger partial charge >= 0.3 is 0 Å². The summed E-state index contributed by atoms with van der Waals surface area (Å²) < 4.78 is 10.4. The molecule has 2 aromatic carbocycles. The monoisotopic (exact) mass is 355 g/mol. The average Bonchev–Trinajstić information content (AvgIpc) is 2.68. The number of nitrogens with one attached hydrogen (secondary N) is 2. The zero-order chi connectivity index (χ0) is 18.5. The van der Waals surface area contributed by atoms with Gasteiger partial charge in [0.05, 0.1) is 12.8 Å². The van der Waals surface area contributed by atoms with E-state index in [4.69, 9.17) is 9.47 Å². The highest BCUT2D eigenvalue weighted by Gasteiger charge is 2.27. The molecule has 3 rings (SSSR count). The Labute approximate surface area is 149 Å². The lowest BCUT2D eigenvalue weighted by atomic mass is 10.2. The molecule has 2 aromatic rings. The fourth-order valence-electron chi connectivity index (χ4n) is 2.47. The number of anilines is 1. The van der Waals surface area contributed by atoms with Crippen LogP contribution in [0.3, 0.4) is 0 Å². The SMILES string of the molecule is COc1cccc(C(=O)NNC(=O)CN2C(=O)COc3ccccc32)c1. The number of hydrogen-bond acceptors (Lipinski definition) is 5. The highest BCUT2D eigenvalue weighted by molar-refractivity contribution is 6.02. The van der Waals surface area contributed by atoms with E-state index in [-0.39, 0.29) is 19.1 Å². The van der Waals surface area contributed by atoms with Crippen LogP contribution in [0.15, 0.2) is 48.5 Å². The number of methoxy groups -OCH3 is 1. The predicted octanol–water partition coefficient (Wildman–Crippen LogP) is 0.882. The van der Waals surface area contributed by atoms with E-state index in [0.717, 1.165) is 0 Å². The number of carbonyl (C=O) groups excluding carboxylic acids is 3. The van der Waals surface area contributed by atoms with Gasteiger partial charge in [-0.15, -0.1) is 0 Å². The predicted molar refractivity (Wildman–Crippen MR) is 92.9 cm³/mol. The lowest BCUT2D eigenvalue weighted by Crippen LogP contribution is -2.49. The Morgan fingerprint density at radius 2 is 1.96 bits per heavy atom. The summed E-state index contributed by atoms with van der Waals surface area (Å²) >= 11 is 0. The third-order valence-electron chi connectivity index (χ3n) is 3.76. The Morgan fingerprint density at radius 3 is 2.77 bits per heavy atom. The van der Waals surface area contributed by atoms with Crippen molar-refractivity contribution in [2.75, 3.05) is 25.2 Å². The number of amides is 3. The highest BCUT2D eigenvalue weighted by Crippen LogP contribution is 2.31. The van der Waals surface area contributed by atoms with Crippen LogP contribution in [0.5, 0.6) is 11.5 Å². The number of rotatable bonds is 4. The van der Waals surface area contributed by atoms with Crippen LogP contribution in [0.25, 0.3) is 0 Å². The normalized spacial score (nSPS) is 12.7. The van der Waals surface area contributed by atoms with Crippen LogP contribution in [0, 0.1) is 0 Å². The van der Waals surface area contributed by atoms with Gasteiger partial charge in [0, 0.05) is 5.56 Å². The van der Waals surface area contributed by atoms with E-state index in [1.54, 1.807) is 48.5 Å². The van der Waals surface area contributed by atoms with Crippen molar-refractivity contribution in [3.05, 3.63) is 54.1 Å². The van der Waals surface area contributed by atoms with Crippen LogP contribution >= 0.6 is 0 Å². The lowest BCUT2D eigenvalue weighted by Gasteiger charge is -2.28. The van der Waals surface area contributed by atoms with E-state index < -0.39 is 11.8 Å². The Balaban J connectivity index is 1.61. The minimum Gasteiger partial charge on any atom is -0.497 e. The smallest absolute Gasteiger partial charge is 0.269 e. The summed E-state index contributed by atoms with van der Waals surface area (Å²) in [5, 5.41) is 0. The van der Waals surface area contributed by atoms with Gasteiger partial charge in [0.2, 0.25) is 0 Å². The minimum atomic E-state index is -0.536. The number of benzene rings is 2. The Bertz CT molecular complexity index is 852. The van der Waals surface area contributed by atoms with E-state index >= 15 is 0 Å². The molecule has 0 bridgehead atoms. The molecule has 1 heterocycles.